The number of aliphatic carboxylic acids is 1. The quantitative estimate of drug-likeness (QED) is 0.859. The highest BCUT2D eigenvalue weighted by Crippen LogP contribution is 2.28. The van der Waals surface area contributed by atoms with Gasteiger partial charge in [-0.3, -0.25) is 14.4 Å². The predicted octanol–water partition coefficient (Wildman–Crippen LogP) is 1.65. The Morgan fingerprint density at radius 1 is 1.00 bits per heavy atom. The summed E-state index contributed by atoms with van der Waals surface area (Å²) in [5.41, 5.74) is 1.56. The number of amides is 2. The molecule has 0 atom stereocenters. The van der Waals surface area contributed by atoms with E-state index in [-0.39, 0.29) is 23.7 Å². The summed E-state index contributed by atoms with van der Waals surface area (Å²) in [6, 6.07) is 7.24. The second kappa shape index (κ2) is 7.03. The lowest BCUT2D eigenvalue weighted by Gasteiger charge is -2.30. The van der Waals surface area contributed by atoms with Gasteiger partial charge in [-0.1, -0.05) is 12.1 Å². The highest BCUT2D eigenvalue weighted by Gasteiger charge is 2.29. The maximum atomic E-state index is 12.5. The Labute approximate surface area is 140 Å². The van der Waals surface area contributed by atoms with Gasteiger partial charge in [0, 0.05) is 31.1 Å². The van der Waals surface area contributed by atoms with Crippen LogP contribution in [0.3, 0.4) is 0 Å². The van der Waals surface area contributed by atoms with Crippen LogP contribution in [-0.2, 0) is 16.1 Å². The number of benzene rings is 1. The summed E-state index contributed by atoms with van der Waals surface area (Å²) in [6.45, 7) is 1.44. The van der Waals surface area contributed by atoms with Crippen molar-refractivity contribution >= 4 is 17.8 Å². The van der Waals surface area contributed by atoms with Gasteiger partial charge in [0.1, 0.15) is 0 Å². The maximum Gasteiger partial charge on any atom is 0.306 e. The van der Waals surface area contributed by atoms with Gasteiger partial charge in [0.15, 0.2) is 0 Å². The SMILES string of the molecule is O=C(O)C1CCN(C(=O)c2ccc(CNC(=O)C3CC3)cc2)CC1. The first-order valence-electron chi connectivity index (χ1n) is 8.43. The summed E-state index contributed by atoms with van der Waals surface area (Å²) in [7, 11) is 0. The molecule has 2 amide bonds. The molecule has 1 saturated carbocycles. The van der Waals surface area contributed by atoms with E-state index in [1.54, 1.807) is 17.0 Å². The number of likely N-dealkylation sites (tertiary alicyclic amines) is 1. The molecule has 6 heteroatoms. The zero-order valence-electron chi connectivity index (χ0n) is 13.5. The van der Waals surface area contributed by atoms with E-state index in [0.717, 1.165) is 18.4 Å². The molecule has 0 bridgehead atoms. The summed E-state index contributed by atoms with van der Waals surface area (Å²) in [6.07, 6.45) is 2.98. The third-order valence-corrected chi connectivity index (χ3v) is 4.75. The number of carboxylic acids is 1. The molecular formula is C18H22N2O4. The largest absolute Gasteiger partial charge is 0.481 e. The molecule has 6 nitrogen and oxygen atoms in total. The van der Waals surface area contributed by atoms with Crippen molar-refractivity contribution in [2.24, 2.45) is 11.8 Å². The van der Waals surface area contributed by atoms with Crippen molar-refractivity contribution in [2.45, 2.75) is 32.2 Å². The van der Waals surface area contributed by atoms with Gasteiger partial charge in [-0.05, 0) is 43.4 Å². The smallest absolute Gasteiger partial charge is 0.306 e. The Balaban J connectivity index is 1.52. The van der Waals surface area contributed by atoms with E-state index in [9.17, 15) is 14.4 Å². The molecule has 0 unspecified atom stereocenters. The first-order valence-corrected chi connectivity index (χ1v) is 8.43. The van der Waals surface area contributed by atoms with E-state index >= 15 is 0 Å². The predicted molar refractivity (Wildman–Crippen MR) is 87.3 cm³/mol. The number of carbonyl (C=O) groups is 3. The second-order valence-corrected chi connectivity index (χ2v) is 6.59. The molecule has 128 valence electrons. The summed E-state index contributed by atoms with van der Waals surface area (Å²) < 4.78 is 0. The van der Waals surface area contributed by atoms with E-state index in [4.69, 9.17) is 5.11 Å². The van der Waals surface area contributed by atoms with Crippen molar-refractivity contribution in [3.63, 3.8) is 0 Å². The zero-order chi connectivity index (χ0) is 17.1. The summed E-state index contributed by atoms with van der Waals surface area (Å²) in [5, 5.41) is 11.9. The third-order valence-electron chi connectivity index (χ3n) is 4.75. The Morgan fingerprint density at radius 2 is 1.62 bits per heavy atom. The number of carbonyl (C=O) groups excluding carboxylic acids is 2. The van der Waals surface area contributed by atoms with Crippen molar-refractivity contribution in [2.75, 3.05) is 13.1 Å². The van der Waals surface area contributed by atoms with Crippen molar-refractivity contribution < 1.29 is 19.5 Å². The molecule has 3 rings (SSSR count). The molecule has 1 aromatic carbocycles. The lowest BCUT2D eigenvalue weighted by molar-refractivity contribution is -0.143. The molecule has 1 heterocycles. The molecular weight excluding hydrogens is 308 g/mol. The van der Waals surface area contributed by atoms with Crippen LogP contribution in [0.4, 0.5) is 0 Å². The van der Waals surface area contributed by atoms with Crippen LogP contribution in [0.15, 0.2) is 24.3 Å². The molecule has 1 aliphatic carbocycles. The first kappa shape index (κ1) is 16.5. The molecule has 2 fully saturated rings. The van der Waals surface area contributed by atoms with E-state index in [1.165, 1.54) is 0 Å². The lowest BCUT2D eigenvalue weighted by Crippen LogP contribution is -2.40. The van der Waals surface area contributed by atoms with Crippen LogP contribution >= 0.6 is 0 Å². The number of hydrogen-bond acceptors (Lipinski definition) is 3. The molecule has 24 heavy (non-hydrogen) atoms. The monoisotopic (exact) mass is 330 g/mol. The van der Waals surface area contributed by atoms with Crippen LogP contribution in [0.5, 0.6) is 0 Å². The fourth-order valence-corrected chi connectivity index (χ4v) is 2.96. The van der Waals surface area contributed by atoms with Crippen LogP contribution in [0.2, 0.25) is 0 Å². The first-order chi connectivity index (χ1) is 11.5. The summed E-state index contributed by atoms with van der Waals surface area (Å²) in [5.74, 6) is -0.880. The minimum atomic E-state index is -0.778. The molecule has 1 aromatic rings. The number of rotatable bonds is 5. The van der Waals surface area contributed by atoms with Gasteiger partial charge in [-0.2, -0.15) is 0 Å². The van der Waals surface area contributed by atoms with E-state index < -0.39 is 5.97 Å². The van der Waals surface area contributed by atoms with Gasteiger partial charge < -0.3 is 15.3 Å². The van der Waals surface area contributed by atoms with Crippen molar-refractivity contribution in [3.8, 4) is 0 Å². The zero-order valence-corrected chi connectivity index (χ0v) is 13.5. The van der Waals surface area contributed by atoms with Crippen molar-refractivity contribution in [1.82, 2.24) is 10.2 Å². The number of nitrogens with one attached hydrogen (secondary N) is 1. The topological polar surface area (TPSA) is 86.7 Å². The highest BCUT2D eigenvalue weighted by atomic mass is 16.4. The Morgan fingerprint density at radius 3 is 2.17 bits per heavy atom. The lowest BCUT2D eigenvalue weighted by atomic mass is 9.96. The normalized spacial score (nSPS) is 18.2. The molecule has 0 aromatic heterocycles. The number of hydrogen-bond donors (Lipinski definition) is 2. The Bertz CT molecular complexity index is 629. The standard InChI is InChI=1S/C18H22N2O4/c21-16(13-5-6-13)19-11-12-1-3-14(4-2-12)17(22)20-9-7-15(8-10-20)18(23)24/h1-4,13,15H,5-11H2,(H,19,21)(H,23,24). The van der Waals surface area contributed by atoms with Gasteiger partial charge >= 0.3 is 5.97 Å². The fourth-order valence-electron chi connectivity index (χ4n) is 2.96. The second-order valence-electron chi connectivity index (χ2n) is 6.59. The highest BCUT2D eigenvalue weighted by molar-refractivity contribution is 5.94. The maximum absolute atomic E-state index is 12.5. The Hall–Kier alpha value is -2.37. The van der Waals surface area contributed by atoms with E-state index in [1.807, 2.05) is 12.1 Å². The number of piperidine rings is 1. The van der Waals surface area contributed by atoms with Crippen molar-refractivity contribution in [3.05, 3.63) is 35.4 Å². The third kappa shape index (κ3) is 3.93. The molecule has 0 radical (unpaired) electrons. The van der Waals surface area contributed by atoms with E-state index in [0.29, 0.717) is 38.0 Å². The van der Waals surface area contributed by atoms with Gasteiger partial charge in [0.2, 0.25) is 5.91 Å². The number of nitrogens with zero attached hydrogens (tertiary/aromatic N) is 1. The summed E-state index contributed by atoms with van der Waals surface area (Å²) >= 11 is 0. The van der Waals surface area contributed by atoms with Gasteiger partial charge in [0.05, 0.1) is 5.92 Å². The van der Waals surface area contributed by atoms with Gasteiger partial charge in [-0.25, -0.2) is 0 Å². The molecule has 2 aliphatic rings. The minimum Gasteiger partial charge on any atom is -0.481 e. The summed E-state index contributed by atoms with van der Waals surface area (Å²) in [4.78, 5) is 36.8. The van der Waals surface area contributed by atoms with Crippen LogP contribution in [0.25, 0.3) is 0 Å². The van der Waals surface area contributed by atoms with Gasteiger partial charge in [0.25, 0.3) is 5.91 Å². The molecule has 0 spiro atoms. The molecule has 2 N–H and O–H groups in total. The van der Waals surface area contributed by atoms with Crippen LogP contribution < -0.4 is 5.32 Å². The minimum absolute atomic E-state index is 0.0626. The molecule has 1 saturated heterocycles. The average molecular weight is 330 g/mol. The number of carboxylic acid groups (broad SMARTS) is 1. The van der Waals surface area contributed by atoms with Crippen LogP contribution in [0.1, 0.15) is 41.6 Å². The van der Waals surface area contributed by atoms with Crippen molar-refractivity contribution in [1.29, 1.82) is 0 Å². The molecule has 1 aliphatic heterocycles. The van der Waals surface area contributed by atoms with Crippen LogP contribution in [-0.4, -0.2) is 40.9 Å². The Kier molecular flexibility index (Phi) is 4.83. The van der Waals surface area contributed by atoms with E-state index in [2.05, 4.69) is 5.32 Å². The average Bonchev–Trinajstić information content (AvgIpc) is 3.45. The van der Waals surface area contributed by atoms with Gasteiger partial charge in [-0.15, -0.1) is 0 Å². The van der Waals surface area contributed by atoms with Crippen LogP contribution in [0, 0.1) is 11.8 Å². The fraction of sp³-hybridized carbons (Fsp3) is 0.500.